The topological polar surface area (TPSA) is 93.7 Å². The standard InChI is InChI=1S/C14H20N2O5S/c1-20-12-8-7-10(14(17)15-21-2)9-13(12)22(18,19)16-11-5-3-4-6-11/h7-9,11,16H,3-6H2,1-2H3,(H,15,17). The normalized spacial score (nSPS) is 15.7. The maximum Gasteiger partial charge on any atom is 0.274 e. The van der Waals surface area contributed by atoms with Crippen LogP contribution in [0.1, 0.15) is 36.0 Å². The van der Waals surface area contributed by atoms with Gasteiger partial charge in [0.1, 0.15) is 10.6 Å². The molecule has 0 aromatic heterocycles. The van der Waals surface area contributed by atoms with Crippen molar-refractivity contribution in [1.29, 1.82) is 0 Å². The average Bonchev–Trinajstić information content (AvgIpc) is 2.99. The van der Waals surface area contributed by atoms with Gasteiger partial charge in [-0.2, -0.15) is 0 Å². The van der Waals surface area contributed by atoms with Crippen LogP contribution in [0.2, 0.25) is 0 Å². The molecule has 7 nitrogen and oxygen atoms in total. The third kappa shape index (κ3) is 3.76. The molecule has 0 atom stereocenters. The Morgan fingerprint density at radius 2 is 1.91 bits per heavy atom. The first-order chi connectivity index (χ1) is 10.5. The Bertz CT molecular complexity index is 639. The molecule has 1 saturated carbocycles. The second kappa shape index (κ2) is 7.08. The van der Waals surface area contributed by atoms with Crippen LogP contribution in [-0.2, 0) is 14.9 Å². The molecule has 1 aliphatic rings. The molecule has 0 unspecified atom stereocenters. The van der Waals surface area contributed by atoms with Crippen molar-refractivity contribution in [2.75, 3.05) is 14.2 Å². The Balaban J connectivity index is 2.33. The molecule has 0 spiro atoms. The summed E-state index contributed by atoms with van der Waals surface area (Å²) in [6.45, 7) is 0. The van der Waals surface area contributed by atoms with Crippen LogP contribution >= 0.6 is 0 Å². The van der Waals surface area contributed by atoms with Gasteiger partial charge in [-0.1, -0.05) is 12.8 Å². The molecule has 22 heavy (non-hydrogen) atoms. The molecular formula is C14H20N2O5S. The van der Waals surface area contributed by atoms with Crippen molar-refractivity contribution < 1.29 is 22.8 Å². The molecule has 8 heteroatoms. The minimum absolute atomic E-state index is 0.0503. The van der Waals surface area contributed by atoms with Gasteiger partial charge in [0.25, 0.3) is 5.91 Å². The van der Waals surface area contributed by atoms with E-state index in [1.165, 1.54) is 32.4 Å². The van der Waals surface area contributed by atoms with Crippen LogP contribution in [0.3, 0.4) is 0 Å². The lowest BCUT2D eigenvalue weighted by Gasteiger charge is -2.15. The number of benzene rings is 1. The summed E-state index contributed by atoms with van der Waals surface area (Å²) in [6, 6.07) is 4.14. The van der Waals surface area contributed by atoms with Crippen molar-refractivity contribution in [3.8, 4) is 5.75 Å². The van der Waals surface area contributed by atoms with E-state index >= 15 is 0 Å². The van der Waals surface area contributed by atoms with Gasteiger partial charge in [0.05, 0.1) is 14.2 Å². The van der Waals surface area contributed by atoms with Crippen LogP contribution in [0.5, 0.6) is 5.75 Å². The summed E-state index contributed by atoms with van der Waals surface area (Å²) < 4.78 is 32.9. The Morgan fingerprint density at radius 3 is 2.50 bits per heavy atom. The molecule has 0 heterocycles. The Hall–Kier alpha value is -1.64. The third-order valence-electron chi connectivity index (χ3n) is 3.59. The van der Waals surface area contributed by atoms with E-state index in [2.05, 4.69) is 15.0 Å². The van der Waals surface area contributed by atoms with Gasteiger partial charge in [-0.25, -0.2) is 18.6 Å². The molecule has 2 rings (SSSR count). The summed E-state index contributed by atoms with van der Waals surface area (Å²) in [5, 5.41) is 0. The molecule has 1 aliphatic carbocycles. The van der Waals surface area contributed by atoms with Gasteiger partial charge in [0, 0.05) is 11.6 Å². The molecule has 0 bridgehead atoms. The number of carbonyl (C=O) groups is 1. The number of rotatable bonds is 6. The fourth-order valence-electron chi connectivity index (χ4n) is 2.51. The molecule has 122 valence electrons. The molecule has 1 aromatic rings. The van der Waals surface area contributed by atoms with Crippen LogP contribution < -0.4 is 14.9 Å². The summed E-state index contributed by atoms with van der Waals surface area (Å²) >= 11 is 0. The van der Waals surface area contributed by atoms with Crippen molar-refractivity contribution in [3.63, 3.8) is 0 Å². The maximum atomic E-state index is 12.5. The van der Waals surface area contributed by atoms with Gasteiger partial charge in [-0.05, 0) is 31.0 Å². The zero-order valence-corrected chi connectivity index (χ0v) is 13.4. The molecule has 1 amide bonds. The molecule has 0 aliphatic heterocycles. The molecule has 1 fully saturated rings. The van der Waals surface area contributed by atoms with Crippen LogP contribution in [0.25, 0.3) is 0 Å². The molecule has 0 radical (unpaired) electrons. The van der Waals surface area contributed by atoms with Crippen LogP contribution in [-0.4, -0.2) is 34.6 Å². The second-order valence-corrected chi connectivity index (χ2v) is 6.79. The lowest BCUT2D eigenvalue weighted by atomic mass is 10.2. The van der Waals surface area contributed by atoms with Crippen molar-refractivity contribution >= 4 is 15.9 Å². The van der Waals surface area contributed by atoms with Crippen LogP contribution in [0.4, 0.5) is 0 Å². The van der Waals surface area contributed by atoms with Crippen molar-refractivity contribution in [3.05, 3.63) is 23.8 Å². The van der Waals surface area contributed by atoms with E-state index in [-0.39, 0.29) is 22.3 Å². The number of nitrogens with one attached hydrogen (secondary N) is 2. The number of hydrogen-bond acceptors (Lipinski definition) is 5. The number of sulfonamides is 1. The highest BCUT2D eigenvalue weighted by Gasteiger charge is 2.26. The van der Waals surface area contributed by atoms with Gasteiger partial charge in [0.2, 0.25) is 10.0 Å². The quantitative estimate of drug-likeness (QED) is 0.766. The van der Waals surface area contributed by atoms with Crippen molar-refractivity contribution in [1.82, 2.24) is 10.2 Å². The van der Waals surface area contributed by atoms with Crippen LogP contribution in [0.15, 0.2) is 23.1 Å². The highest BCUT2D eigenvalue weighted by molar-refractivity contribution is 7.89. The Labute approximate surface area is 130 Å². The summed E-state index contributed by atoms with van der Waals surface area (Å²) in [7, 11) is -1.06. The highest BCUT2D eigenvalue weighted by atomic mass is 32.2. The van der Waals surface area contributed by atoms with E-state index in [4.69, 9.17) is 4.74 Å². The summed E-state index contributed by atoms with van der Waals surface area (Å²) in [5.74, 6) is -0.332. The van der Waals surface area contributed by atoms with E-state index in [1.54, 1.807) is 0 Å². The number of ether oxygens (including phenoxy) is 1. The number of amides is 1. The molecule has 1 aromatic carbocycles. The molecule has 2 N–H and O–H groups in total. The number of carbonyl (C=O) groups excluding carboxylic acids is 1. The largest absolute Gasteiger partial charge is 0.495 e. The summed E-state index contributed by atoms with van der Waals surface area (Å²) in [4.78, 5) is 16.3. The summed E-state index contributed by atoms with van der Waals surface area (Å²) in [5.41, 5.74) is 2.33. The van der Waals surface area contributed by atoms with E-state index in [1.807, 2.05) is 0 Å². The van der Waals surface area contributed by atoms with Crippen molar-refractivity contribution in [2.24, 2.45) is 0 Å². The fourth-order valence-corrected chi connectivity index (χ4v) is 4.01. The zero-order chi connectivity index (χ0) is 16.2. The highest BCUT2D eigenvalue weighted by Crippen LogP contribution is 2.27. The van der Waals surface area contributed by atoms with Gasteiger partial charge < -0.3 is 4.74 Å². The monoisotopic (exact) mass is 328 g/mol. The first-order valence-electron chi connectivity index (χ1n) is 7.01. The molecule has 0 saturated heterocycles. The SMILES string of the molecule is CONC(=O)c1ccc(OC)c(S(=O)(=O)NC2CCCC2)c1. The lowest BCUT2D eigenvalue weighted by Crippen LogP contribution is -2.33. The molecular weight excluding hydrogens is 308 g/mol. The maximum absolute atomic E-state index is 12.5. The van der Waals surface area contributed by atoms with Crippen LogP contribution in [0, 0.1) is 0 Å². The second-order valence-electron chi connectivity index (χ2n) is 5.10. The third-order valence-corrected chi connectivity index (χ3v) is 5.13. The fraction of sp³-hybridized carbons (Fsp3) is 0.500. The minimum Gasteiger partial charge on any atom is -0.495 e. The lowest BCUT2D eigenvalue weighted by molar-refractivity contribution is 0.0537. The number of methoxy groups -OCH3 is 1. The van der Waals surface area contributed by atoms with E-state index in [0.29, 0.717) is 0 Å². The Kier molecular flexibility index (Phi) is 5.38. The predicted octanol–water partition coefficient (Wildman–Crippen LogP) is 1.21. The van der Waals surface area contributed by atoms with Gasteiger partial charge in [-0.3, -0.25) is 9.63 Å². The van der Waals surface area contributed by atoms with Gasteiger partial charge >= 0.3 is 0 Å². The number of hydroxylamine groups is 1. The minimum atomic E-state index is -3.75. The predicted molar refractivity (Wildman–Crippen MR) is 80.0 cm³/mol. The first-order valence-corrected chi connectivity index (χ1v) is 8.50. The Morgan fingerprint density at radius 1 is 1.23 bits per heavy atom. The van der Waals surface area contributed by atoms with Gasteiger partial charge in [-0.15, -0.1) is 0 Å². The zero-order valence-electron chi connectivity index (χ0n) is 12.6. The van der Waals surface area contributed by atoms with E-state index < -0.39 is 15.9 Å². The van der Waals surface area contributed by atoms with Gasteiger partial charge in [0.15, 0.2) is 0 Å². The van der Waals surface area contributed by atoms with E-state index in [9.17, 15) is 13.2 Å². The number of hydrogen-bond donors (Lipinski definition) is 2. The van der Waals surface area contributed by atoms with E-state index in [0.717, 1.165) is 25.7 Å². The van der Waals surface area contributed by atoms with Crippen molar-refractivity contribution in [2.45, 2.75) is 36.6 Å². The summed E-state index contributed by atoms with van der Waals surface area (Å²) in [6.07, 6.45) is 3.68. The first kappa shape index (κ1) is 16.7. The smallest absolute Gasteiger partial charge is 0.274 e. The average molecular weight is 328 g/mol.